The molecule has 0 radical (unpaired) electrons. The van der Waals surface area contributed by atoms with Gasteiger partial charge in [0.05, 0.1) is 5.60 Å². The van der Waals surface area contributed by atoms with E-state index >= 15 is 0 Å². The molecule has 0 amide bonds. The van der Waals surface area contributed by atoms with Crippen molar-refractivity contribution >= 4 is 51.7 Å². The Bertz CT molecular complexity index is 1330. The van der Waals surface area contributed by atoms with Gasteiger partial charge in [0.2, 0.25) is 0 Å². The van der Waals surface area contributed by atoms with Crippen LogP contribution in [0.25, 0.3) is 43.5 Å². The van der Waals surface area contributed by atoms with Gasteiger partial charge in [-0.1, -0.05) is 60.7 Å². The Kier molecular flexibility index (Phi) is 3.77. The van der Waals surface area contributed by atoms with Crippen molar-refractivity contribution in [1.29, 1.82) is 0 Å². The second-order valence-corrected chi connectivity index (χ2v) is 9.12. The molecule has 1 saturated carbocycles. The van der Waals surface area contributed by atoms with Crippen LogP contribution in [0.3, 0.4) is 0 Å². The lowest BCUT2D eigenvalue weighted by molar-refractivity contribution is 0.0495. The van der Waals surface area contributed by atoms with Crippen molar-refractivity contribution in [3.05, 3.63) is 72.8 Å². The van der Waals surface area contributed by atoms with Crippen LogP contribution in [0.1, 0.15) is 26.2 Å². The first-order chi connectivity index (χ1) is 14.2. The zero-order valence-corrected chi connectivity index (χ0v) is 17.1. The van der Waals surface area contributed by atoms with Crippen LogP contribution >= 0.6 is 8.24 Å². The van der Waals surface area contributed by atoms with Gasteiger partial charge in [0.15, 0.2) is 0 Å². The summed E-state index contributed by atoms with van der Waals surface area (Å²) in [7, 11) is -1.52. The summed E-state index contributed by atoms with van der Waals surface area (Å²) in [5.74, 6) is 0. The third kappa shape index (κ3) is 2.77. The van der Waals surface area contributed by atoms with Gasteiger partial charge < -0.3 is 8.39 Å². The van der Waals surface area contributed by atoms with Crippen molar-refractivity contribution in [3.8, 4) is 0 Å². The SMILES string of the molecule is CC1(Op2oc3ccc4ccccc4c3c3c(ccc4ccccc43)o2)CCC1. The summed E-state index contributed by atoms with van der Waals surface area (Å²) in [5, 5.41) is 6.87. The zero-order chi connectivity index (χ0) is 19.4. The van der Waals surface area contributed by atoms with Gasteiger partial charge in [-0.05, 0) is 59.9 Å². The van der Waals surface area contributed by atoms with E-state index in [0.717, 1.165) is 45.6 Å². The lowest BCUT2D eigenvalue weighted by Gasteiger charge is -2.35. The fraction of sp³-hybridized carbons (Fsp3) is 0.200. The standard InChI is InChI=1S/C25H21O3P/c1-25(15-6-16-25)28-29-26-21-13-11-17-7-2-4-9-19(17)23(21)24-20-10-5-3-8-18(20)12-14-22(24)27-29/h2-5,7-14H,6,15-16H2,1H3. The summed E-state index contributed by atoms with van der Waals surface area (Å²) in [5.41, 5.74) is 1.50. The molecule has 6 rings (SSSR count). The highest BCUT2D eigenvalue weighted by molar-refractivity contribution is 7.31. The van der Waals surface area contributed by atoms with E-state index < -0.39 is 8.24 Å². The molecule has 5 aromatic rings. The van der Waals surface area contributed by atoms with E-state index in [9.17, 15) is 0 Å². The van der Waals surface area contributed by atoms with E-state index in [-0.39, 0.29) is 5.60 Å². The smallest absolute Gasteiger partial charge is 0.387 e. The molecular weight excluding hydrogens is 379 g/mol. The molecule has 0 atom stereocenters. The Balaban J connectivity index is 1.82. The summed E-state index contributed by atoms with van der Waals surface area (Å²) in [6, 6.07) is 25.2. The number of benzene rings is 4. The van der Waals surface area contributed by atoms with Crippen LogP contribution < -0.4 is 4.52 Å². The molecular formula is C25H21O3P. The lowest BCUT2D eigenvalue weighted by Crippen LogP contribution is -2.38. The molecule has 0 bridgehead atoms. The molecule has 1 aromatic heterocycles. The van der Waals surface area contributed by atoms with E-state index in [1.54, 1.807) is 0 Å². The number of hydrogen-bond acceptors (Lipinski definition) is 3. The van der Waals surface area contributed by atoms with Crippen molar-refractivity contribution in [3.63, 3.8) is 0 Å². The molecule has 29 heavy (non-hydrogen) atoms. The van der Waals surface area contributed by atoms with Gasteiger partial charge in [-0.3, -0.25) is 4.52 Å². The molecule has 1 aliphatic rings. The molecule has 1 fully saturated rings. The maximum atomic E-state index is 6.39. The van der Waals surface area contributed by atoms with Crippen LogP contribution in [-0.2, 0) is 0 Å². The van der Waals surface area contributed by atoms with Gasteiger partial charge in [0, 0.05) is 10.8 Å². The van der Waals surface area contributed by atoms with E-state index in [1.165, 1.54) is 17.2 Å². The molecule has 1 heterocycles. The van der Waals surface area contributed by atoms with Crippen LogP contribution in [0, 0.1) is 0 Å². The third-order valence-corrected chi connectivity index (χ3v) is 7.36. The summed E-state index contributed by atoms with van der Waals surface area (Å²) in [6.07, 6.45) is 3.30. The monoisotopic (exact) mass is 400 g/mol. The minimum atomic E-state index is -1.52. The Morgan fingerprint density at radius 3 is 1.72 bits per heavy atom. The van der Waals surface area contributed by atoms with Crippen molar-refractivity contribution in [2.45, 2.75) is 31.8 Å². The average Bonchev–Trinajstić information content (AvgIpc) is 2.89. The molecule has 144 valence electrons. The van der Waals surface area contributed by atoms with Gasteiger partial charge in [-0.15, -0.1) is 0 Å². The Labute approximate surface area is 169 Å². The molecule has 3 nitrogen and oxygen atoms in total. The largest absolute Gasteiger partial charge is 0.399 e. The molecule has 4 heteroatoms. The number of hydrogen-bond donors (Lipinski definition) is 0. The lowest BCUT2D eigenvalue weighted by atomic mass is 9.82. The first-order valence-electron chi connectivity index (χ1n) is 10.1. The Morgan fingerprint density at radius 2 is 1.24 bits per heavy atom. The fourth-order valence-corrected chi connectivity index (χ4v) is 5.61. The summed E-state index contributed by atoms with van der Waals surface area (Å²) >= 11 is 0. The second kappa shape index (κ2) is 6.38. The van der Waals surface area contributed by atoms with Gasteiger partial charge in [0.25, 0.3) is 0 Å². The van der Waals surface area contributed by atoms with Gasteiger partial charge in [0.1, 0.15) is 11.2 Å². The minimum absolute atomic E-state index is 0.149. The summed E-state index contributed by atoms with van der Waals surface area (Å²) in [6.45, 7) is 2.15. The molecule has 0 N–H and O–H groups in total. The van der Waals surface area contributed by atoms with Crippen molar-refractivity contribution < 1.29 is 12.9 Å². The highest BCUT2D eigenvalue weighted by atomic mass is 31.1. The molecule has 0 saturated heterocycles. The summed E-state index contributed by atoms with van der Waals surface area (Å²) in [4.78, 5) is 0. The normalized spacial score (nSPS) is 15.8. The topological polar surface area (TPSA) is 35.5 Å². The highest BCUT2D eigenvalue weighted by Gasteiger charge is 2.35. The van der Waals surface area contributed by atoms with Gasteiger partial charge in [-0.2, -0.15) is 0 Å². The first-order valence-corrected chi connectivity index (χ1v) is 11.2. The minimum Gasteiger partial charge on any atom is -0.399 e. The third-order valence-electron chi connectivity index (χ3n) is 6.08. The maximum Gasteiger partial charge on any atom is 0.387 e. The second-order valence-electron chi connectivity index (χ2n) is 8.12. The van der Waals surface area contributed by atoms with Crippen molar-refractivity contribution in [1.82, 2.24) is 0 Å². The highest BCUT2D eigenvalue weighted by Crippen LogP contribution is 2.44. The molecule has 0 spiro atoms. The van der Waals surface area contributed by atoms with E-state index in [1.807, 2.05) is 0 Å². The number of fused-ring (bicyclic) bond motifs is 7. The predicted molar refractivity (Wildman–Crippen MR) is 120 cm³/mol. The van der Waals surface area contributed by atoms with Crippen LogP contribution in [0.2, 0.25) is 0 Å². The maximum absolute atomic E-state index is 6.39. The Hall–Kier alpha value is -2.74. The predicted octanol–water partition coefficient (Wildman–Crippen LogP) is 7.97. The first kappa shape index (κ1) is 17.1. The van der Waals surface area contributed by atoms with Crippen LogP contribution in [0.4, 0.5) is 0 Å². The molecule has 4 aromatic carbocycles. The average molecular weight is 400 g/mol. The Morgan fingerprint density at radius 1 is 0.724 bits per heavy atom. The van der Waals surface area contributed by atoms with Gasteiger partial charge in [-0.25, -0.2) is 0 Å². The van der Waals surface area contributed by atoms with E-state index in [2.05, 4.69) is 79.7 Å². The van der Waals surface area contributed by atoms with Crippen molar-refractivity contribution in [2.24, 2.45) is 0 Å². The van der Waals surface area contributed by atoms with E-state index in [4.69, 9.17) is 12.9 Å². The zero-order valence-electron chi connectivity index (χ0n) is 16.2. The number of rotatable bonds is 2. The molecule has 0 aliphatic heterocycles. The molecule has 1 aliphatic carbocycles. The van der Waals surface area contributed by atoms with Crippen LogP contribution in [0.5, 0.6) is 0 Å². The van der Waals surface area contributed by atoms with E-state index in [0.29, 0.717) is 0 Å². The summed E-state index contributed by atoms with van der Waals surface area (Å²) < 4.78 is 19.1. The van der Waals surface area contributed by atoms with Crippen LogP contribution in [0.15, 0.2) is 81.2 Å². The van der Waals surface area contributed by atoms with Crippen molar-refractivity contribution in [2.75, 3.05) is 0 Å². The molecule has 0 unspecified atom stereocenters. The van der Waals surface area contributed by atoms with Crippen LogP contribution in [-0.4, -0.2) is 5.60 Å². The fourth-order valence-electron chi connectivity index (χ4n) is 4.33. The quantitative estimate of drug-likeness (QED) is 0.301. The van der Waals surface area contributed by atoms with Gasteiger partial charge >= 0.3 is 8.24 Å².